The van der Waals surface area contributed by atoms with Gasteiger partial charge in [0.05, 0.1) is 5.25 Å². The van der Waals surface area contributed by atoms with Gasteiger partial charge in [0.1, 0.15) is 37.1 Å². The standard InChI is InChI=1S/C51H49NO3S/c1-4-48(52-38(2)25-26-40-17-9-5-10-18-40)33-47-32-45(27-28-50(47)55-37-43-23-15-8-16-24-43)46-29-44(30-49(34-46)54-36-42-21-13-7-14-22-42)31-51(56)39(3)53-35-41-19-11-6-12-20-41/h4-15,17-23,27-30,32,34,48,51-52,56H,1-3,25-26,31,33,35-37H2. The molecule has 6 rings (SSSR count). The third-order valence-corrected chi connectivity index (χ3v) is 9.91. The van der Waals surface area contributed by atoms with Gasteiger partial charge in [0.25, 0.3) is 0 Å². The summed E-state index contributed by atoms with van der Waals surface area (Å²) in [7, 11) is 0. The Labute approximate surface area is 338 Å². The quantitative estimate of drug-likeness (QED) is 0.0339. The van der Waals surface area contributed by atoms with Crippen LogP contribution in [0.1, 0.15) is 34.2 Å². The average Bonchev–Trinajstić information content (AvgIpc) is 3.24. The van der Waals surface area contributed by atoms with Gasteiger partial charge in [-0.25, -0.2) is 0 Å². The van der Waals surface area contributed by atoms with E-state index in [-0.39, 0.29) is 11.3 Å². The van der Waals surface area contributed by atoms with E-state index in [1.54, 1.807) is 0 Å². The molecule has 0 aromatic heterocycles. The van der Waals surface area contributed by atoms with Crippen molar-refractivity contribution in [1.82, 2.24) is 5.32 Å². The molecule has 5 heteroatoms. The fourth-order valence-electron chi connectivity index (χ4n) is 6.34. The van der Waals surface area contributed by atoms with Crippen LogP contribution < -0.4 is 14.8 Å². The molecule has 0 spiro atoms. The number of allylic oxidation sites excluding steroid dienone is 3. The Balaban J connectivity index is 1.26. The van der Waals surface area contributed by atoms with Crippen LogP contribution in [0.5, 0.6) is 11.5 Å². The Morgan fingerprint density at radius 1 is 0.714 bits per heavy atom. The van der Waals surface area contributed by atoms with Crippen LogP contribution in [0.4, 0.5) is 0 Å². The molecule has 282 valence electrons. The highest BCUT2D eigenvalue weighted by Crippen LogP contribution is 2.33. The van der Waals surface area contributed by atoms with Crippen LogP contribution in [-0.4, -0.2) is 17.9 Å². The molecule has 0 bridgehead atoms. The first-order chi connectivity index (χ1) is 27.4. The summed E-state index contributed by atoms with van der Waals surface area (Å²) in [6.07, 6.45) is 10.7. The molecule has 4 nitrogen and oxygen atoms in total. The van der Waals surface area contributed by atoms with Gasteiger partial charge in [0, 0.05) is 17.3 Å². The smallest absolute Gasteiger partial charge is 0.123 e. The van der Waals surface area contributed by atoms with Crippen molar-refractivity contribution in [3.05, 3.63) is 228 Å². The van der Waals surface area contributed by atoms with Crippen LogP contribution in [0.15, 0.2) is 200 Å². The predicted octanol–water partition coefficient (Wildman–Crippen LogP) is 11.5. The zero-order valence-corrected chi connectivity index (χ0v) is 32.7. The molecule has 1 aliphatic carbocycles. The van der Waals surface area contributed by atoms with Crippen LogP contribution in [-0.2, 0) is 37.2 Å². The van der Waals surface area contributed by atoms with Gasteiger partial charge in [-0.2, -0.15) is 12.6 Å². The van der Waals surface area contributed by atoms with E-state index in [9.17, 15) is 0 Å². The van der Waals surface area contributed by atoms with Crippen LogP contribution in [0.25, 0.3) is 11.1 Å². The summed E-state index contributed by atoms with van der Waals surface area (Å²) in [6, 6.07) is 43.5. The number of hydrogen-bond donors (Lipinski definition) is 2. The van der Waals surface area contributed by atoms with E-state index >= 15 is 0 Å². The number of aryl methyl sites for hydroxylation is 1. The molecule has 5 aromatic carbocycles. The first kappa shape index (κ1) is 39.6. The van der Waals surface area contributed by atoms with Gasteiger partial charge in [-0.1, -0.05) is 140 Å². The second-order valence-corrected chi connectivity index (χ2v) is 14.4. The highest BCUT2D eigenvalue weighted by Gasteiger charge is 2.17. The maximum Gasteiger partial charge on any atom is 0.123 e. The molecular formula is C51H49NO3S. The number of rotatable bonds is 21. The normalized spacial score (nSPS) is 12.6. The number of nitrogens with one attached hydrogen (secondary N) is 1. The van der Waals surface area contributed by atoms with E-state index in [2.05, 4.69) is 109 Å². The van der Waals surface area contributed by atoms with E-state index in [1.807, 2.05) is 78.9 Å². The van der Waals surface area contributed by atoms with Gasteiger partial charge in [0.2, 0.25) is 0 Å². The van der Waals surface area contributed by atoms with Gasteiger partial charge in [-0.3, -0.25) is 0 Å². The Morgan fingerprint density at radius 2 is 1.41 bits per heavy atom. The topological polar surface area (TPSA) is 39.7 Å². The van der Waals surface area contributed by atoms with Gasteiger partial charge >= 0.3 is 0 Å². The highest BCUT2D eigenvalue weighted by molar-refractivity contribution is 7.81. The molecule has 1 aliphatic rings. The summed E-state index contributed by atoms with van der Waals surface area (Å²) in [6.45, 7) is 14.0. The largest absolute Gasteiger partial charge is 0.493 e. The van der Waals surface area contributed by atoms with E-state index < -0.39 is 0 Å². The van der Waals surface area contributed by atoms with E-state index in [0.29, 0.717) is 38.4 Å². The van der Waals surface area contributed by atoms with E-state index in [4.69, 9.17) is 26.8 Å². The van der Waals surface area contributed by atoms with Crippen molar-refractivity contribution in [2.75, 3.05) is 6.61 Å². The molecule has 0 radical (unpaired) electrons. The van der Waals surface area contributed by atoms with Gasteiger partial charge < -0.3 is 19.5 Å². The molecule has 1 N–H and O–H groups in total. The summed E-state index contributed by atoms with van der Waals surface area (Å²) >= 11 is 4.93. The summed E-state index contributed by atoms with van der Waals surface area (Å²) in [5.74, 6) is 2.20. The lowest BCUT2D eigenvalue weighted by atomic mass is 9.95. The zero-order chi connectivity index (χ0) is 39.0. The molecular weight excluding hydrogens is 707 g/mol. The molecule has 2 atom stereocenters. The summed E-state index contributed by atoms with van der Waals surface area (Å²) < 4.78 is 18.9. The molecule has 0 saturated carbocycles. The van der Waals surface area contributed by atoms with Crippen molar-refractivity contribution in [1.29, 1.82) is 0 Å². The number of benzene rings is 5. The zero-order valence-electron chi connectivity index (χ0n) is 31.8. The minimum Gasteiger partial charge on any atom is -0.493 e. The predicted molar refractivity (Wildman–Crippen MR) is 234 cm³/mol. The third kappa shape index (κ3) is 12.2. The van der Waals surface area contributed by atoms with Crippen molar-refractivity contribution in [2.24, 2.45) is 0 Å². The minimum atomic E-state index is -0.219. The number of thiol groups is 1. The lowest BCUT2D eigenvalue weighted by molar-refractivity contribution is 0.193. The Hall–Kier alpha value is -6.09. The highest BCUT2D eigenvalue weighted by atomic mass is 32.1. The van der Waals surface area contributed by atoms with Crippen molar-refractivity contribution < 1.29 is 14.2 Å². The van der Waals surface area contributed by atoms with Gasteiger partial charge in [0.15, 0.2) is 0 Å². The second-order valence-electron chi connectivity index (χ2n) is 13.8. The molecule has 0 saturated heterocycles. The van der Waals surface area contributed by atoms with Crippen molar-refractivity contribution in [3.8, 4) is 22.6 Å². The summed E-state index contributed by atoms with van der Waals surface area (Å²) in [5, 5.41) is 3.40. The fraction of sp³-hybridized carbons (Fsp3) is 0.176. The van der Waals surface area contributed by atoms with Gasteiger partial charge in [-0.05, 0) is 101 Å². The Kier molecular flexibility index (Phi) is 14.5. The lowest BCUT2D eigenvalue weighted by Crippen LogP contribution is -2.28. The van der Waals surface area contributed by atoms with Crippen molar-refractivity contribution >= 4 is 12.6 Å². The van der Waals surface area contributed by atoms with Crippen molar-refractivity contribution in [2.45, 2.75) is 50.2 Å². The molecule has 5 aromatic rings. The van der Waals surface area contributed by atoms with Gasteiger partial charge in [-0.15, -0.1) is 6.58 Å². The second kappa shape index (κ2) is 20.6. The van der Waals surface area contributed by atoms with Crippen LogP contribution in [0.3, 0.4) is 0 Å². The molecule has 0 fully saturated rings. The molecule has 56 heavy (non-hydrogen) atoms. The summed E-state index contributed by atoms with van der Waals surface area (Å²) in [5.41, 5.74) is 15.7. The average molecular weight is 756 g/mol. The van der Waals surface area contributed by atoms with Crippen LogP contribution in [0, 0.1) is 0 Å². The fourth-order valence-corrected chi connectivity index (χ4v) is 6.63. The molecule has 2 unspecified atom stereocenters. The number of ether oxygens (including phenoxy) is 3. The third-order valence-electron chi connectivity index (χ3n) is 9.44. The first-order valence-corrected chi connectivity index (χ1v) is 19.5. The van der Waals surface area contributed by atoms with Crippen LogP contribution in [0.2, 0.25) is 0 Å². The van der Waals surface area contributed by atoms with Crippen LogP contribution >= 0.6 is 12.6 Å². The molecule has 0 aliphatic heterocycles. The number of hydrogen-bond acceptors (Lipinski definition) is 5. The lowest BCUT2D eigenvalue weighted by Gasteiger charge is -2.21. The Bertz CT molecular complexity index is 2230. The van der Waals surface area contributed by atoms with E-state index in [0.717, 1.165) is 69.0 Å². The Morgan fingerprint density at radius 3 is 2.09 bits per heavy atom. The molecule has 0 amide bonds. The maximum atomic E-state index is 6.44. The SMILES string of the molecule is C=CC(Cc1cc(-c2cc(CC(S)C(=C)OCc3ccccc3)cc(OCc3ccccc3)c2)ccc1OCC1=C=C=CC=C1)NC(=C)CCc1ccccc1. The van der Waals surface area contributed by atoms with Crippen molar-refractivity contribution in [3.63, 3.8) is 0 Å². The summed E-state index contributed by atoms with van der Waals surface area (Å²) in [4.78, 5) is 0. The first-order valence-electron chi connectivity index (χ1n) is 19.0. The van der Waals surface area contributed by atoms with E-state index in [1.165, 1.54) is 5.56 Å². The maximum absolute atomic E-state index is 6.44. The monoisotopic (exact) mass is 755 g/mol. The minimum absolute atomic E-state index is 0.0598. The molecule has 0 heterocycles.